The van der Waals surface area contributed by atoms with E-state index < -0.39 is 12.7 Å². The highest BCUT2D eigenvalue weighted by Crippen LogP contribution is 2.17. The highest BCUT2D eigenvalue weighted by Gasteiger charge is 2.30. The smallest absolute Gasteiger partial charge is 0.330 e. The zero-order chi connectivity index (χ0) is 11.9. The Hall–Kier alpha value is -0.290. The number of nitrogens with two attached hydrogens (primary N) is 1. The zero-order valence-electron chi connectivity index (χ0n) is 9.48. The third-order valence-electron chi connectivity index (χ3n) is 2.32. The minimum Gasteiger partial charge on any atom is -0.330 e. The molecule has 5 heteroatoms. The van der Waals surface area contributed by atoms with Gasteiger partial charge < -0.3 is 5.73 Å². The Labute approximate surface area is 89.6 Å². The molecule has 0 aliphatic carbocycles. The molecule has 0 spiro atoms. The molecule has 0 radical (unpaired) electrons. The lowest BCUT2D eigenvalue weighted by Crippen LogP contribution is -2.37. The van der Waals surface area contributed by atoms with Crippen LogP contribution in [0, 0.1) is 5.92 Å². The molecule has 0 saturated heterocycles. The van der Waals surface area contributed by atoms with Crippen LogP contribution in [-0.2, 0) is 0 Å². The van der Waals surface area contributed by atoms with Gasteiger partial charge in [-0.25, -0.2) is 0 Å². The van der Waals surface area contributed by atoms with Gasteiger partial charge in [-0.2, -0.15) is 13.2 Å². The third kappa shape index (κ3) is 8.69. The van der Waals surface area contributed by atoms with Crippen molar-refractivity contribution >= 4 is 0 Å². The predicted molar refractivity (Wildman–Crippen MR) is 55.6 cm³/mol. The van der Waals surface area contributed by atoms with Gasteiger partial charge in [-0.05, 0) is 31.8 Å². The van der Waals surface area contributed by atoms with Gasteiger partial charge in [0.15, 0.2) is 0 Å². The number of rotatable bonds is 7. The lowest BCUT2D eigenvalue weighted by molar-refractivity contribution is -0.146. The Kier molecular flexibility index (Phi) is 6.92. The third-order valence-corrected chi connectivity index (χ3v) is 2.32. The summed E-state index contributed by atoms with van der Waals surface area (Å²) < 4.78 is 36.4. The number of alkyl halides is 3. The van der Waals surface area contributed by atoms with Crippen LogP contribution >= 0.6 is 0 Å². The van der Waals surface area contributed by atoms with Crippen molar-refractivity contribution in [3.05, 3.63) is 0 Å². The molecule has 0 aliphatic rings. The first-order valence-corrected chi connectivity index (χ1v) is 5.38. The molecule has 0 bridgehead atoms. The van der Waals surface area contributed by atoms with Gasteiger partial charge in [0.25, 0.3) is 0 Å². The van der Waals surface area contributed by atoms with Gasteiger partial charge in [-0.1, -0.05) is 13.8 Å². The quantitative estimate of drug-likeness (QED) is 0.721. The van der Waals surface area contributed by atoms with E-state index in [1.807, 2.05) is 6.92 Å². The summed E-state index contributed by atoms with van der Waals surface area (Å²) in [4.78, 5) is 1.43. The van der Waals surface area contributed by atoms with Crippen LogP contribution in [-0.4, -0.2) is 37.3 Å². The van der Waals surface area contributed by atoms with Crippen molar-refractivity contribution in [2.24, 2.45) is 11.7 Å². The second-order valence-corrected chi connectivity index (χ2v) is 3.98. The minimum absolute atomic E-state index is 0.274. The summed E-state index contributed by atoms with van der Waals surface area (Å²) in [6, 6.07) is 0. The molecule has 15 heavy (non-hydrogen) atoms. The first-order valence-electron chi connectivity index (χ1n) is 5.38. The van der Waals surface area contributed by atoms with Gasteiger partial charge in [-0.3, -0.25) is 4.90 Å². The Bertz CT molecular complexity index is 159. The maximum absolute atomic E-state index is 12.1. The van der Waals surface area contributed by atoms with Crippen molar-refractivity contribution in [3.63, 3.8) is 0 Å². The van der Waals surface area contributed by atoms with Crippen LogP contribution in [0.5, 0.6) is 0 Å². The summed E-state index contributed by atoms with van der Waals surface area (Å²) in [5.41, 5.74) is 5.35. The van der Waals surface area contributed by atoms with Gasteiger partial charge in [0.05, 0.1) is 6.54 Å². The fourth-order valence-electron chi connectivity index (χ4n) is 1.56. The number of hydrogen-bond acceptors (Lipinski definition) is 2. The highest BCUT2D eigenvalue weighted by atomic mass is 19.4. The van der Waals surface area contributed by atoms with Crippen molar-refractivity contribution < 1.29 is 13.2 Å². The molecule has 0 rings (SSSR count). The molecule has 0 aromatic rings. The van der Waals surface area contributed by atoms with Gasteiger partial charge in [0.1, 0.15) is 0 Å². The van der Waals surface area contributed by atoms with E-state index in [1.165, 1.54) is 4.90 Å². The second-order valence-electron chi connectivity index (χ2n) is 3.98. The zero-order valence-corrected chi connectivity index (χ0v) is 9.48. The molecule has 0 heterocycles. The summed E-state index contributed by atoms with van der Waals surface area (Å²) >= 11 is 0. The van der Waals surface area contributed by atoms with Crippen LogP contribution in [0.25, 0.3) is 0 Å². The molecule has 1 unspecified atom stereocenters. The van der Waals surface area contributed by atoms with E-state index in [9.17, 15) is 13.2 Å². The van der Waals surface area contributed by atoms with E-state index in [4.69, 9.17) is 5.73 Å². The van der Waals surface area contributed by atoms with Gasteiger partial charge in [0.2, 0.25) is 0 Å². The molecule has 0 amide bonds. The Morgan fingerprint density at radius 1 is 1.33 bits per heavy atom. The van der Waals surface area contributed by atoms with E-state index in [-0.39, 0.29) is 5.92 Å². The lowest BCUT2D eigenvalue weighted by atomic mass is 10.1. The van der Waals surface area contributed by atoms with Crippen LogP contribution in [0.4, 0.5) is 13.2 Å². The molecular weight excluding hydrogens is 205 g/mol. The lowest BCUT2D eigenvalue weighted by Gasteiger charge is -2.25. The Balaban J connectivity index is 3.87. The van der Waals surface area contributed by atoms with Crippen molar-refractivity contribution in [2.75, 3.05) is 26.2 Å². The Morgan fingerprint density at radius 2 is 1.93 bits per heavy atom. The molecular formula is C10H21F3N2. The maximum atomic E-state index is 12.1. The molecule has 92 valence electrons. The van der Waals surface area contributed by atoms with E-state index >= 15 is 0 Å². The highest BCUT2D eigenvalue weighted by molar-refractivity contribution is 4.65. The maximum Gasteiger partial charge on any atom is 0.401 e. The molecule has 0 aliphatic heterocycles. The summed E-state index contributed by atoms with van der Waals surface area (Å²) in [7, 11) is 0. The minimum atomic E-state index is -4.09. The van der Waals surface area contributed by atoms with Crippen LogP contribution in [0.1, 0.15) is 26.7 Å². The van der Waals surface area contributed by atoms with Crippen molar-refractivity contribution in [1.29, 1.82) is 0 Å². The number of nitrogens with zero attached hydrogens (tertiary/aromatic N) is 1. The Morgan fingerprint density at radius 3 is 2.33 bits per heavy atom. The monoisotopic (exact) mass is 226 g/mol. The normalized spacial score (nSPS) is 14.6. The van der Waals surface area contributed by atoms with Crippen LogP contribution in [0.2, 0.25) is 0 Å². The van der Waals surface area contributed by atoms with Gasteiger partial charge in [0, 0.05) is 6.54 Å². The van der Waals surface area contributed by atoms with E-state index in [2.05, 4.69) is 0 Å². The molecule has 0 fully saturated rings. The summed E-state index contributed by atoms with van der Waals surface area (Å²) in [5, 5.41) is 0. The summed E-state index contributed by atoms with van der Waals surface area (Å²) in [5.74, 6) is 0.274. The molecule has 0 saturated carbocycles. The second kappa shape index (κ2) is 7.06. The predicted octanol–water partition coefficient (Wildman–Crippen LogP) is 2.25. The largest absolute Gasteiger partial charge is 0.401 e. The number of hydrogen-bond donors (Lipinski definition) is 1. The number of halogens is 3. The van der Waals surface area contributed by atoms with Crippen molar-refractivity contribution in [1.82, 2.24) is 4.90 Å². The van der Waals surface area contributed by atoms with Crippen LogP contribution < -0.4 is 5.73 Å². The average Bonchev–Trinajstić information content (AvgIpc) is 2.11. The molecule has 1 atom stereocenters. The molecule has 0 aromatic heterocycles. The first-order chi connectivity index (χ1) is 6.89. The van der Waals surface area contributed by atoms with E-state index in [0.717, 1.165) is 12.8 Å². The molecule has 2 nitrogen and oxygen atoms in total. The topological polar surface area (TPSA) is 29.3 Å². The van der Waals surface area contributed by atoms with Gasteiger partial charge >= 0.3 is 6.18 Å². The van der Waals surface area contributed by atoms with E-state index in [0.29, 0.717) is 19.6 Å². The van der Waals surface area contributed by atoms with Gasteiger partial charge in [-0.15, -0.1) is 0 Å². The standard InChI is InChI=1S/C10H21F3N2/c1-3-15(8-10(11,12)13)7-9(2)5-4-6-14/h9H,3-8,14H2,1-2H3. The fraction of sp³-hybridized carbons (Fsp3) is 1.00. The average molecular weight is 226 g/mol. The molecule has 0 aromatic carbocycles. The summed E-state index contributed by atoms with van der Waals surface area (Å²) in [6.45, 7) is 4.45. The SMILES string of the molecule is CCN(CC(C)CCCN)CC(F)(F)F. The van der Waals surface area contributed by atoms with Crippen molar-refractivity contribution in [2.45, 2.75) is 32.9 Å². The van der Waals surface area contributed by atoms with E-state index in [1.54, 1.807) is 6.92 Å². The molecule has 2 N–H and O–H groups in total. The van der Waals surface area contributed by atoms with Crippen LogP contribution in [0.15, 0.2) is 0 Å². The fourth-order valence-corrected chi connectivity index (χ4v) is 1.56. The van der Waals surface area contributed by atoms with Crippen molar-refractivity contribution in [3.8, 4) is 0 Å². The first kappa shape index (κ1) is 14.7. The summed E-state index contributed by atoms with van der Waals surface area (Å²) in [6.07, 6.45) is -2.32. The van der Waals surface area contributed by atoms with Crippen LogP contribution in [0.3, 0.4) is 0 Å².